The number of fused-ring (bicyclic) bond motifs is 1. The Hall–Kier alpha value is -1.76. The summed E-state index contributed by atoms with van der Waals surface area (Å²) >= 11 is 12.2. The van der Waals surface area contributed by atoms with Crippen LogP contribution in [0.5, 0.6) is 0 Å². The van der Waals surface area contributed by atoms with E-state index < -0.39 is 11.6 Å². The number of benzene rings is 1. The zero-order chi connectivity index (χ0) is 16.8. The quantitative estimate of drug-likeness (QED) is 0.770. The van der Waals surface area contributed by atoms with Crippen molar-refractivity contribution in [2.75, 3.05) is 13.1 Å². The number of rotatable bonds is 2. The predicted octanol–water partition coefficient (Wildman–Crippen LogP) is 2.53. The van der Waals surface area contributed by atoms with Crippen LogP contribution >= 0.6 is 23.2 Å². The molecule has 3 rings (SSSR count). The number of nitrogens with zero attached hydrogens (tertiary/aromatic N) is 1. The molecule has 23 heavy (non-hydrogen) atoms. The van der Waals surface area contributed by atoms with Crippen LogP contribution < -0.4 is 0 Å². The van der Waals surface area contributed by atoms with Crippen molar-refractivity contribution >= 4 is 46.0 Å². The van der Waals surface area contributed by atoms with Crippen LogP contribution in [0.2, 0.25) is 10.0 Å². The van der Waals surface area contributed by atoms with Crippen LogP contribution in [0.15, 0.2) is 18.2 Å². The maximum absolute atomic E-state index is 12.6. The van der Waals surface area contributed by atoms with E-state index in [-0.39, 0.29) is 42.6 Å². The number of halogens is 2. The van der Waals surface area contributed by atoms with Crippen molar-refractivity contribution in [1.82, 2.24) is 9.88 Å². The van der Waals surface area contributed by atoms with Gasteiger partial charge in [0.2, 0.25) is 0 Å². The molecule has 1 amide bonds. The van der Waals surface area contributed by atoms with E-state index >= 15 is 0 Å². The van der Waals surface area contributed by atoms with Crippen LogP contribution in [0.4, 0.5) is 0 Å². The molecule has 0 radical (unpaired) electrons. The van der Waals surface area contributed by atoms with E-state index in [2.05, 4.69) is 4.98 Å². The van der Waals surface area contributed by atoms with Gasteiger partial charge in [0, 0.05) is 41.9 Å². The van der Waals surface area contributed by atoms with Gasteiger partial charge in [-0.15, -0.1) is 0 Å². The van der Waals surface area contributed by atoms with E-state index in [1.165, 1.54) is 4.90 Å². The van der Waals surface area contributed by atoms with Crippen LogP contribution in [0.3, 0.4) is 0 Å². The van der Waals surface area contributed by atoms with Crippen molar-refractivity contribution in [3.8, 4) is 0 Å². The lowest BCUT2D eigenvalue weighted by Crippen LogP contribution is -2.50. The van der Waals surface area contributed by atoms with Crippen molar-refractivity contribution in [2.45, 2.75) is 18.4 Å². The topological polar surface area (TPSA) is 93.6 Å². The number of likely N-dealkylation sites (tertiary alicyclic amines) is 1. The van der Waals surface area contributed by atoms with Crippen molar-refractivity contribution in [2.24, 2.45) is 0 Å². The summed E-state index contributed by atoms with van der Waals surface area (Å²) in [5, 5.41) is 20.4. The number of carbonyl (C=O) groups is 2. The summed E-state index contributed by atoms with van der Waals surface area (Å²) in [5.74, 6) is -1.59. The van der Waals surface area contributed by atoms with Gasteiger partial charge < -0.3 is 20.1 Å². The highest BCUT2D eigenvalue weighted by molar-refractivity contribution is 6.39. The molecule has 6 nitrogen and oxygen atoms in total. The van der Waals surface area contributed by atoms with Gasteiger partial charge in [0.1, 0.15) is 5.69 Å². The third kappa shape index (κ3) is 2.78. The first-order chi connectivity index (χ1) is 10.8. The molecule has 1 fully saturated rings. The number of aliphatic hydroxyl groups is 1. The summed E-state index contributed by atoms with van der Waals surface area (Å²) in [6.07, 6.45) is -0.0322. The largest absolute Gasteiger partial charge is 0.479 e. The monoisotopic (exact) mass is 356 g/mol. The highest BCUT2D eigenvalue weighted by Gasteiger charge is 2.41. The Balaban J connectivity index is 1.85. The first kappa shape index (κ1) is 16.1. The summed E-state index contributed by atoms with van der Waals surface area (Å²) in [4.78, 5) is 28.1. The van der Waals surface area contributed by atoms with E-state index in [9.17, 15) is 14.7 Å². The number of hydrogen-bond acceptors (Lipinski definition) is 3. The summed E-state index contributed by atoms with van der Waals surface area (Å²) in [7, 11) is 0. The van der Waals surface area contributed by atoms with E-state index in [1.54, 1.807) is 18.2 Å². The second kappa shape index (κ2) is 5.70. The van der Waals surface area contributed by atoms with Gasteiger partial charge in [-0.1, -0.05) is 23.2 Å². The number of carboxylic acids is 1. The SMILES string of the molecule is O=C(c1[nH]c2ccc(Cl)cc2c1Cl)N1CCC(O)(C(=O)O)CC1. The van der Waals surface area contributed by atoms with E-state index in [0.717, 1.165) is 0 Å². The molecule has 0 spiro atoms. The third-order valence-electron chi connectivity index (χ3n) is 4.19. The minimum atomic E-state index is -1.77. The van der Waals surface area contributed by atoms with Crippen LogP contribution in [-0.2, 0) is 4.79 Å². The molecule has 1 aromatic carbocycles. The number of hydrogen-bond donors (Lipinski definition) is 3. The fourth-order valence-electron chi connectivity index (χ4n) is 2.73. The number of piperidine rings is 1. The van der Waals surface area contributed by atoms with Crippen molar-refractivity contribution in [1.29, 1.82) is 0 Å². The molecular weight excluding hydrogens is 343 g/mol. The van der Waals surface area contributed by atoms with Gasteiger partial charge in [-0.3, -0.25) is 4.79 Å². The lowest BCUT2D eigenvalue weighted by molar-refractivity contribution is -0.162. The number of carbonyl (C=O) groups excluding carboxylic acids is 1. The predicted molar refractivity (Wildman–Crippen MR) is 86.0 cm³/mol. The van der Waals surface area contributed by atoms with E-state index in [1.807, 2.05) is 0 Å². The average Bonchev–Trinajstić information content (AvgIpc) is 2.84. The van der Waals surface area contributed by atoms with Crippen LogP contribution in [0.1, 0.15) is 23.3 Å². The maximum atomic E-state index is 12.6. The number of H-pyrrole nitrogens is 1. The van der Waals surface area contributed by atoms with Crippen molar-refractivity contribution < 1.29 is 19.8 Å². The Morgan fingerprint density at radius 1 is 1.22 bits per heavy atom. The lowest BCUT2D eigenvalue weighted by Gasteiger charge is -2.35. The van der Waals surface area contributed by atoms with Crippen LogP contribution in [0.25, 0.3) is 10.9 Å². The molecule has 122 valence electrons. The Bertz CT molecular complexity index is 794. The molecule has 0 saturated carbocycles. The Kier molecular flexibility index (Phi) is 4.00. The number of carboxylic acid groups (broad SMARTS) is 1. The number of aromatic amines is 1. The molecular formula is C15H14Cl2N2O4. The fraction of sp³-hybridized carbons (Fsp3) is 0.333. The third-order valence-corrected chi connectivity index (χ3v) is 4.81. The molecule has 2 aromatic rings. The van der Waals surface area contributed by atoms with Crippen molar-refractivity contribution in [3.05, 3.63) is 33.9 Å². The Morgan fingerprint density at radius 2 is 1.87 bits per heavy atom. The fourth-order valence-corrected chi connectivity index (χ4v) is 3.19. The van der Waals surface area contributed by atoms with Crippen LogP contribution in [-0.4, -0.2) is 50.7 Å². The van der Waals surface area contributed by atoms with Crippen molar-refractivity contribution in [3.63, 3.8) is 0 Å². The molecule has 0 bridgehead atoms. The minimum absolute atomic E-state index is 0.0161. The number of nitrogens with one attached hydrogen (secondary N) is 1. The molecule has 1 aliphatic rings. The number of amides is 1. The number of aliphatic carboxylic acids is 1. The first-order valence-corrected chi connectivity index (χ1v) is 7.79. The highest BCUT2D eigenvalue weighted by atomic mass is 35.5. The molecule has 8 heteroatoms. The molecule has 0 atom stereocenters. The van der Waals surface area contributed by atoms with Gasteiger partial charge in [-0.05, 0) is 18.2 Å². The smallest absolute Gasteiger partial charge is 0.335 e. The number of aromatic nitrogens is 1. The van der Waals surface area contributed by atoms with Gasteiger partial charge in [0.15, 0.2) is 5.60 Å². The summed E-state index contributed by atoms with van der Waals surface area (Å²) in [6, 6.07) is 5.10. The summed E-state index contributed by atoms with van der Waals surface area (Å²) in [5.41, 5.74) is -0.833. The molecule has 2 heterocycles. The van der Waals surface area contributed by atoms with Gasteiger partial charge in [0.25, 0.3) is 5.91 Å². The zero-order valence-electron chi connectivity index (χ0n) is 12.0. The Morgan fingerprint density at radius 3 is 2.48 bits per heavy atom. The normalized spacial score (nSPS) is 17.4. The molecule has 0 unspecified atom stereocenters. The molecule has 3 N–H and O–H groups in total. The molecule has 0 aliphatic carbocycles. The zero-order valence-corrected chi connectivity index (χ0v) is 13.5. The van der Waals surface area contributed by atoms with Gasteiger partial charge in [-0.2, -0.15) is 0 Å². The molecule has 1 aliphatic heterocycles. The van der Waals surface area contributed by atoms with Gasteiger partial charge in [0.05, 0.1) is 5.02 Å². The van der Waals surface area contributed by atoms with Gasteiger partial charge >= 0.3 is 5.97 Å². The van der Waals surface area contributed by atoms with E-state index in [4.69, 9.17) is 28.3 Å². The van der Waals surface area contributed by atoms with E-state index in [0.29, 0.717) is 15.9 Å². The standard InChI is InChI=1S/C15H14Cl2N2O4/c16-8-1-2-10-9(7-8)11(17)12(18-10)13(20)19-5-3-15(23,4-6-19)14(21)22/h1-2,7,18,23H,3-6H2,(H,21,22). The first-order valence-electron chi connectivity index (χ1n) is 7.03. The Labute approximate surface area is 141 Å². The summed E-state index contributed by atoms with van der Waals surface area (Å²) in [6.45, 7) is 0.294. The summed E-state index contributed by atoms with van der Waals surface area (Å²) < 4.78 is 0. The molecule has 1 saturated heterocycles. The van der Waals surface area contributed by atoms with Gasteiger partial charge in [-0.25, -0.2) is 4.79 Å². The second-order valence-electron chi connectivity index (χ2n) is 5.63. The maximum Gasteiger partial charge on any atom is 0.335 e. The highest BCUT2D eigenvalue weighted by Crippen LogP contribution is 2.31. The average molecular weight is 357 g/mol. The second-order valence-corrected chi connectivity index (χ2v) is 6.45. The molecule has 1 aromatic heterocycles. The lowest BCUT2D eigenvalue weighted by atomic mass is 9.91. The van der Waals surface area contributed by atoms with Crippen LogP contribution in [0, 0.1) is 0 Å². The minimum Gasteiger partial charge on any atom is -0.479 e.